The molecule has 5 heteroatoms. The van der Waals surface area contributed by atoms with Crippen LogP contribution in [0.4, 0.5) is 13.2 Å². The van der Waals surface area contributed by atoms with E-state index in [4.69, 9.17) is 4.74 Å². The fraction of sp³-hybridized carbons (Fsp3) is 0.417. The molecule has 0 saturated carbocycles. The second-order valence-corrected chi connectivity index (χ2v) is 3.48. The van der Waals surface area contributed by atoms with Crippen LogP contribution in [0.1, 0.15) is 24.8 Å². The average molecular weight is 246 g/mol. The third kappa shape index (κ3) is 4.09. The van der Waals surface area contributed by atoms with Gasteiger partial charge in [-0.25, -0.2) is 13.2 Å². The second kappa shape index (κ2) is 6.27. The summed E-state index contributed by atoms with van der Waals surface area (Å²) in [5, 5.41) is 0. The third-order valence-corrected chi connectivity index (χ3v) is 2.26. The topological polar surface area (TPSA) is 26.3 Å². The van der Waals surface area contributed by atoms with Crippen LogP contribution in [-0.4, -0.2) is 19.0 Å². The molecule has 0 amide bonds. The van der Waals surface area contributed by atoms with E-state index in [9.17, 15) is 18.0 Å². The maximum Gasteiger partial charge on any atom is 0.313 e. The van der Waals surface area contributed by atoms with Crippen molar-refractivity contribution in [1.82, 2.24) is 0 Å². The van der Waals surface area contributed by atoms with Crippen molar-refractivity contribution < 1.29 is 22.7 Å². The number of halogens is 3. The zero-order valence-electron chi connectivity index (χ0n) is 9.33. The Bertz CT molecular complexity index is 363. The highest BCUT2D eigenvalue weighted by atomic mass is 19.3. The van der Waals surface area contributed by atoms with Crippen LogP contribution in [0.3, 0.4) is 0 Å². The molecule has 94 valence electrons. The second-order valence-electron chi connectivity index (χ2n) is 3.48. The van der Waals surface area contributed by atoms with Gasteiger partial charge < -0.3 is 4.74 Å². The van der Waals surface area contributed by atoms with Gasteiger partial charge in [-0.15, -0.1) is 0 Å². The van der Waals surface area contributed by atoms with Gasteiger partial charge in [0.25, 0.3) is 0 Å². The van der Waals surface area contributed by atoms with E-state index >= 15 is 0 Å². The van der Waals surface area contributed by atoms with Gasteiger partial charge in [-0.1, -0.05) is 12.1 Å². The first kappa shape index (κ1) is 13.5. The first-order valence-corrected chi connectivity index (χ1v) is 5.24. The summed E-state index contributed by atoms with van der Waals surface area (Å²) in [5.74, 6) is -2.23. The predicted molar refractivity (Wildman–Crippen MR) is 56.4 cm³/mol. The summed E-state index contributed by atoms with van der Waals surface area (Å²) in [7, 11) is 0. The number of hydrogen-bond acceptors (Lipinski definition) is 2. The summed E-state index contributed by atoms with van der Waals surface area (Å²) in [5.41, 5.74) is 0.338. The Balaban J connectivity index is 2.89. The number of rotatable bonds is 5. The molecule has 0 aromatic heterocycles. The van der Waals surface area contributed by atoms with E-state index in [-0.39, 0.29) is 6.61 Å². The molecule has 0 aliphatic carbocycles. The lowest BCUT2D eigenvalue weighted by atomic mass is 9.96. The Morgan fingerprint density at radius 3 is 2.35 bits per heavy atom. The highest BCUT2D eigenvalue weighted by molar-refractivity contribution is 5.78. The Morgan fingerprint density at radius 2 is 1.88 bits per heavy atom. The minimum atomic E-state index is -2.62. The Hall–Kier alpha value is -1.52. The van der Waals surface area contributed by atoms with Crippen LogP contribution < -0.4 is 0 Å². The summed E-state index contributed by atoms with van der Waals surface area (Å²) in [6, 6.07) is 4.90. The van der Waals surface area contributed by atoms with E-state index in [0.717, 1.165) is 12.1 Å². The van der Waals surface area contributed by atoms with Crippen LogP contribution >= 0.6 is 0 Å². The Kier molecular flexibility index (Phi) is 5.00. The van der Waals surface area contributed by atoms with E-state index in [2.05, 4.69) is 0 Å². The van der Waals surface area contributed by atoms with E-state index in [1.807, 2.05) is 0 Å². The number of carbonyl (C=O) groups excluding carboxylic acids is 1. The molecule has 1 aromatic carbocycles. The van der Waals surface area contributed by atoms with Gasteiger partial charge in [0, 0.05) is 6.42 Å². The molecule has 0 saturated heterocycles. The van der Waals surface area contributed by atoms with Crippen molar-refractivity contribution in [2.45, 2.75) is 25.7 Å². The molecule has 0 N–H and O–H groups in total. The molecule has 0 bridgehead atoms. The molecule has 0 fully saturated rings. The number of alkyl halides is 2. The van der Waals surface area contributed by atoms with E-state index in [1.54, 1.807) is 6.92 Å². The normalized spacial score (nSPS) is 12.5. The maximum atomic E-state index is 12.7. The lowest BCUT2D eigenvalue weighted by Crippen LogP contribution is -2.18. The van der Waals surface area contributed by atoms with Gasteiger partial charge in [0.05, 0.1) is 12.5 Å². The fourth-order valence-electron chi connectivity index (χ4n) is 1.48. The summed E-state index contributed by atoms with van der Waals surface area (Å²) < 4.78 is 42.2. The minimum absolute atomic E-state index is 0.125. The minimum Gasteiger partial charge on any atom is -0.466 e. The Labute approximate surface area is 97.4 Å². The van der Waals surface area contributed by atoms with Crippen LogP contribution in [0, 0.1) is 5.82 Å². The van der Waals surface area contributed by atoms with Crippen molar-refractivity contribution in [1.29, 1.82) is 0 Å². The zero-order chi connectivity index (χ0) is 12.8. The summed E-state index contributed by atoms with van der Waals surface area (Å²) in [6.45, 7) is 1.72. The van der Waals surface area contributed by atoms with Crippen LogP contribution in [0.25, 0.3) is 0 Å². The van der Waals surface area contributed by atoms with Crippen molar-refractivity contribution >= 4 is 5.97 Å². The number of esters is 1. The molecule has 0 aliphatic heterocycles. The van der Waals surface area contributed by atoms with Crippen LogP contribution in [-0.2, 0) is 9.53 Å². The average Bonchev–Trinajstić information content (AvgIpc) is 2.27. The number of ether oxygens (including phenoxy) is 1. The molecular formula is C12H13F3O2. The van der Waals surface area contributed by atoms with Gasteiger partial charge >= 0.3 is 5.97 Å². The number of benzene rings is 1. The quantitative estimate of drug-likeness (QED) is 0.746. The fourth-order valence-corrected chi connectivity index (χ4v) is 1.48. The van der Waals surface area contributed by atoms with Crippen LogP contribution in [0.15, 0.2) is 24.3 Å². The van der Waals surface area contributed by atoms with E-state index in [0.29, 0.717) is 5.56 Å². The molecule has 1 aromatic rings. The maximum absolute atomic E-state index is 12.7. The first-order chi connectivity index (χ1) is 8.04. The molecule has 2 nitrogen and oxygen atoms in total. The SMILES string of the molecule is CCOC(=O)C(CC(F)F)c1ccc(F)cc1. The van der Waals surface area contributed by atoms with Gasteiger partial charge in [-0.05, 0) is 24.6 Å². The molecule has 0 spiro atoms. The number of hydrogen-bond donors (Lipinski definition) is 0. The van der Waals surface area contributed by atoms with Gasteiger partial charge in [0.2, 0.25) is 6.43 Å². The smallest absolute Gasteiger partial charge is 0.313 e. The zero-order valence-corrected chi connectivity index (χ0v) is 9.33. The molecule has 1 rings (SSSR count). The molecule has 0 radical (unpaired) electrons. The summed E-state index contributed by atoms with van der Waals surface area (Å²) >= 11 is 0. The predicted octanol–water partition coefficient (Wildman–Crippen LogP) is 3.13. The largest absolute Gasteiger partial charge is 0.466 e. The van der Waals surface area contributed by atoms with Gasteiger partial charge in [0.15, 0.2) is 0 Å². The molecule has 1 atom stereocenters. The molecule has 0 aliphatic rings. The third-order valence-electron chi connectivity index (χ3n) is 2.26. The van der Waals surface area contributed by atoms with E-state index in [1.165, 1.54) is 12.1 Å². The first-order valence-electron chi connectivity index (χ1n) is 5.24. The molecule has 17 heavy (non-hydrogen) atoms. The van der Waals surface area contributed by atoms with Crippen LogP contribution in [0.2, 0.25) is 0 Å². The van der Waals surface area contributed by atoms with Crippen LogP contribution in [0.5, 0.6) is 0 Å². The van der Waals surface area contributed by atoms with Crippen molar-refractivity contribution in [3.63, 3.8) is 0 Å². The monoisotopic (exact) mass is 246 g/mol. The van der Waals surface area contributed by atoms with Gasteiger partial charge in [-0.2, -0.15) is 0 Å². The Morgan fingerprint density at radius 1 is 1.29 bits per heavy atom. The molecular weight excluding hydrogens is 233 g/mol. The summed E-state index contributed by atoms with van der Waals surface area (Å²) in [4.78, 5) is 11.5. The highest BCUT2D eigenvalue weighted by Crippen LogP contribution is 2.25. The van der Waals surface area contributed by atoms with Crippen molar-refractivity contribution in [3.05, 3.63) is 35.6 Å². The van der Waals surface area contributed by atoms with Crippen molar-refractivity contribution in [2.75, 3.05) is 6.61 Å². The summed E-state index contributed by atoms with van der Waals surface area (Å²) in [6.07, 6.45) is -3.24. The molecule has 0 heterocycles. The van der Waals surface area contributed by atoms with Gasteiger partial charge in [0.1, 0.15) is 5.82 Å². The lowest BCUT2D eigenvalue weighted by molar-refractivity contribution is -0.146. The van der Waals surface area contributed by atoms with Crippen molar-refractivity contribution in [3.8, 4) is 0 Å². The highest BCUT2D eigenvalue weighted by Gasteiger charge is 2.25. The van der Waals surface area contributed by atoms with E-state index < -0.39 is 30.6 Å². The van der Waals surface area contributed by atoms with Gasteiger partial charge in [-0.3, -0.25) is 4.79 Å². The molecule has 1 unspecified atom stereocenters. The lowest BCUT2D eigenvalue weighted by Gasteiger charge is -2.15. The number of carbonyl (C=O) groups is 1. The van der Waals surface area contributed by atoms with Crippen molar-refractivity contribution in [2.24, 2.45) is 0 Å². The standard InChI is InChI=1S/C12H13F3O2/c1-2-17-12(16)10(7-11(14)15)8-3-5-9(13)6-4-8/h3-6,10-11H,2,7H2,1H3.